The number of ether oxygens (including phenoxy) is 1. The van der Waals surface area contributed by atoms with E-state index in [0.717, 1.165) is 26.4 Å². The summed E-state index contributed by atoms with van der Waals surface area (Å²) in [4.78, 5) is 12.2. The molecule has 0 fully saturated rings. The maximum absolute atomic E-state index is 12.2. The van der Waals surface area contributed by atoms with E-state index in [2.05, 4.69) is 26.5 Å². The van der Waals surface area contributed by atoms with Gasteiger partial charge in [0.15, 0.2) is 0 Å². The van der Waals surface area contributed by atoms with E-state index in [1.165, 1.54) is 0 Å². The van der Waals surface area contributed by atoms with Gasteiger partial charge < -0.3 is 4.74 Å². The molecule has 0 aliphatic heterocycles. The van der Waals surface area contributed by atoms with Crippen molar-refractivity contribution in [2.75, 3.05) is 7.11 Å². The van der Waals surface area contributed by atoms with Crippen molar-refractivity contribution in [3.8, 4) is 5.75 Å². The molecule has 0 aliphatic rings. The first kappa shape index (κ1) is 17.2. The zero-order valence-corrected chi connectivity index (χ0v) is 15.5. The Morgan fingerprint density at radius 3 is 2.72 bits per heavy atom. The van der Waals surface area contributed by atoms with Gasteiger partial charge in [0.1, 0.15) is 5.75 Å². The second kappa shape index (κ2) is 7.49. The summed E-state index contributed by atoms with van der Waals surface area (Å²) >= 11 is 3.43. The Labute approximate surface area is 154 Å². The van der Waals surface area contributed by atoms with Gasteiger partial charge in [-0.1, -0.05) is 52.3 Å². The van der Waals surface area contributed by atoms with Gasteiger partial charge in [0.2, 0.25) is 0 Å². The molecule has 3 aromatic rings. The van der Waals surface area contributed by atoms with Crippen LogP contribution in [0.1, 0.15) is 21.5 Å². The molecule has 0 aromatic heterocycles. The predicted molar refractivity (Wildman–Crippen MR) is 104 cm³/mol. The minimum atomic E-state index is -0.267. The van der Waals surface area contributed by atoms with Crippen molar-refractivity contribution < 1.29 is 9.53 Å². The van der Waals surface area contributed by atoms with Crippen LogP contribution >= 0.6 is 15.9 Å². The number of methoxy groups -OCH3 is 1. The van der Waals surface area contributed by atoms with Crippen LogP contribution in [0.5, 0.6) is 5.75 Å². The topological polar surface area (TPSA) is 50.7 Å². The molecule has 0 saturated heterocycles. The highest BCUT2D eigenvalue weighted by atomic mass is 79.9. The van der Waals surface area contributed by atoms with Crippen LogP contribution in [-0.4, -0.2) is 19.2 Å². The van der Waals surface area contributed by atoms with Crippen LogP contribution in [-0.2, 0) is 0 Å². The second-order valence-corrected chi connectivity index (χ2v) is 6.42. The first-order chi connectivity index (χ1) is 12.1. The number of carbonyl (C=O) groups is 1. The Morgan fingerprint density at radius 1 is 1.16 bits per heavy atom. The van der Waals surface area contributed by atoms with Crippen molar-refractivity contribution in [1.82, 2.24) is 5.43 Å². The highest BCUT2D eigenvalue weighted by Gasteiger charge is 2.08. The van der Waals surface area contributed by atoms with Crippen LogP contribution in [0.25, 0.3) is 10.8 Å². The van der Waals surface area contributed by atoms with Gasteiger partial charge in [-0.2, -0.15) is 5.10 Å². The number of amides is 1. The van der Waals surface area contributed by atoms with Crippen LogP contribution in [0.15, 0.2) is 64.2 Å². The zero-order valence-electron chi connectivity index (χ0n) is 13.9. The van der Waals surface area contributed by atoms with Gasteiger partial charge in [0, 0.05) is 15.6 Å². The summed E-state index contributed by atoms with van der Waals surface area (Å²) in [5, 5.41) is 6.20. The summed E-state index contributed by atoms with van der Waals surface area (Å²) < 4.78 is 6.30. The lowest BCUT2D eigenvalue weighted by Crippen LogP contribution is -2.17. The summed E-state index contributed by atoms with van der Waals surface area (Å²) in [6.07, 6.45) is 1.61. The van der Waals surface area contributed by atoms with Crippen LogP contribution in [0, 0.1) is 6.92 Å². The smallest absolute Gasteiger partial charge is 0.271 e. The molecule has 0 unspecified atom stereocenters. The third-order valence-corrected chi connectivity index (χ3v) is 4.80. The molecule has 3 aromatic carbocycles. The normalized spacial score (nSPS) is 11.0. The highest BCUT2D eigenvalue weighted by molar-refractivity contribution is 9.10. The minimum absolute atomic E-state index is 0.267. The van der Waals surface area contributed by atoms with Gasteiger partial charge in [-0.05, 0) is 41.5 Å². The third-order valence-electron chi connectivity index (χ3n) is 3.94. The van der Waals surface area contributed by atoms with Gasteiger partial charge in [-0.25, -0.2) is 5.43 Å². The third kappa shape index (κ3) is 3.72. The largest absolute Gasteiger partial charge is 0.496 e. The number of rotatable bonds is 4. The Balaban J connectivity index is 1.85. The molecular weight excluding hydrogens is 380 g/mol. The molecule has 1 N–H and O–H groups in total. The number of hydrogen-bond donors (Lipinski definition) is 1. The number of fused-ring (bicyclic) bond motifs is 1. The fraction of sp³-hybridized carbons (Fsp3) is 0.100. The molecule has 0 heterocycles. The van der Waals surface area contributed by atoms with Crippen LogP contribution < -0.4 is 10.2 Å². The van der Waals surface area contributed by atoms with Crippen molar-refractivity contribution in [3.05, 3.63) is 75.8 Å². The number of nitrogens with one attached hydrogen (secondary N) is 1. The lowest BCUT2D eigenvalue weighted by atomic mass is 10.0. The Hall–Kier alpha value is -2.66. The van der Waals surface area contributed by atoms with Crippen LogP contribution in [0.3, 0.4) is 0 Å². The van der Waals surface area contributed by atoms with Crippen LogP contribution in [0.2, 0.25) is 0 Å². The van der Waals surface area contributed by atoms with Crippen molar-refractivity contribution in [3.63, 3.8) is 0 Å². The molecule has 0 radical (unpaired) electrons. The molecule has 3 rings (SSSR count). The quantitative estimate of drug-likeness (QED) is 0.513. The zero-order chi connectivity index (χ0) is 17.8. The molecule has 0 bridgehead atoms. The van der Waals surface area contributed by atoms with Gasteiger partial charge in [0.05, 0.1) is 13.3 Å². The molecule has 25 heavy (non-hydrogen) atoms. The van der Waals surface area contributed by atoms with E-state index in [1.807, 2.05) is 49.4 Å². The standard InChI is InChI=1S/C20H17BrN2O2/c1-13-7-8-15(11-18(13)21)20(24)23-22-12-17-16-6-4-3-5-14(16)9-10-19(17)25-2/h3-12H,1-2H3,(H,23,24). The lowest BCUT2D eigenvalue weighted by molar-refractivity contribution is 0.0955. The molecule has 0 spiro atoms. The predicted octanol–water partition coefficient (Wildman–Crippen LogP) is 4.68. The monoisotopic (exact) mass is 396 g/mol. The Morgan fingerprint density at radius 2 is 1.96 bits per heavy atom. The highest BCUT2D eigenvalue weighted by Crippen LogP contribution is 2.26. The van der Waals surface area contributed by atoms with E-state index in [-0.39, 0.29) is 5.91 Å². The Kier molecular flexibility index (Phi) is 5.14. The van der Waals surface area contributed by atoms with Crippen molar-refractivity contribution in [2.45, 2.75) is 6.92 Å². The average molecular weight is 397 g/mol. The van der Waals surface area contributed by atoms with Crippen molar-refractivity contribution in [1.29, 1.82) is 0 Å². The number of hydrazone groups is 1. The molecule has 5 heteroatoms. The lowest BCUT2D eigenvalue weighted by Gasteiger charge is -2.08. The molecule has 0 saturated carbocycles. The van der Waals surface area contributed by atoms with E-state index >= 15 is 0 Å². The van der Waals surface area contributed by atoms with E-state index in [9.17, 15) is 4.79 Å². The Bertz CT molecular complexity index is 967. The first-order valence-corrected chi connectivity index (χ1v) is 8.55. The second-order valence-electron chi connectivity index (χ2n) is 5.57. The molecule has 0 aliphatic carbocycles. The first-order valence-electron chi connectivity index (χ1n) is 7.75. The fourth-order valence-corrected chi connectivity index (χ4v) is 2.92. The molecule has 1 amide bonds. The number of aryl methyl sites for hydroxylation is 1. The van der Waals surface area contributed by atoms with Crippen molar-refractivity contribution in [2.24, 2.45) is 5.10 Å². The van der Waals surface area contributed by atoms with E-state index < -0.39 is 0 Å². The number of carbonyl (C=O) groups excluding carboxylic acids is 1. The van der Waals surface area contributed by atoms with Gasteiger partial charge in [0.25, 0.3) is 5.91 Å². The summed E-state index contributed by atoms with van der Waals surface area (Å²) in [6, 6.07) is 17.3. The molecule has 0 atom stereocenters. The van der Waals surface area contributed by atoms with E-state index in [4.69, 9.17) is 4.74 Å². The number of halogens is 1. The summed E-state index contributed by atoms with van der Waals surface area (Å²) in [5.74, 6) is 0.436. The van der Waals surface area contributed by atoms with E-state index in [1.54, 1.807) is 25.5 Å². The van der Waals surface area contributed by atoms with Crippen molar-refractivity contribution >= 4 is 38.8 Å². The average Bonchev–Trinajstić information content (AvgIpc) is 2.63. The van der Waals surface area contributed by atoms with Gasteiger partial charge in [-0.3, -0.25) is 4.79 Å². The maximum atomic E-state index is 12.2. The number of nitrogens with zero attached hydrogens (tertiary/aromatic N) is 1. The summed E-state index contributed by atoms with van der Waals surface area (Å²) in [7, 11) is 1.61. The van der Waals surface area contributed by atoms with Gasteiger partial charge >= 0.3 is 0 Å². The summed E-state index contributed by atoms with van der Waals surface area (Å²) in [5.41, 5.74) is 5.00. The molecular formula is C20H17BrN2O2. The fourth-order valence-electron chi connectivity index (χ4n) is 2.54. The maximum Gasteiger partial charge on any atom is 0.271 e. The minimum Gasteiger partial charge on any atom is -0.496 e. The summed E-state index contributed by atoms with van der Waals surface area (Å²) in [6.45, 7) is 1.97. The number of hydrogen-bond acceptors (Lipinski definition) is 3. The molecule has 126 valence electrons. The van der Waals surface area contributed by atoms with E-state index in [0.29, 0.717) is 11.3 Å². The SMILES string of the molecule is COc1ccc2ccccc2c1C=NNC(=O)c1ccc(C)c(Br)c1. The van der Waals surface area contributed by atoms with Crippen LogP contribution in [0.4, 0.5) is 0 Å². The number of benzene rings is 3. The molecule has 4 nitrogen and oxygen atoms in total. The van der Waals surface area contributed by atoms with Gasteiger partial charge in [-0.15, -0.1) is 0 Å².